The summed E-state index contributed by atoms with van der Waals surface area (Å²) in [7, 11) is 0. The smallest absolute Gasteiger partial charge is 0.112 e. The number of fused-ring (bicyclic) bond motifs is 1. The Hall–Kier alpha value is -2.07. The molecule has 1 fully saturated rings. The summed E-state index contributed by atoms with van der Waals surface area (Å²) < 4.78 is 0. The highest BCUT2D eigenvalue weighted by Gasteiger charge is 2.22. The molecule has 3 heterocycles. The average molecular weight is 252 g/mol. The summed E-state index contributed by atoms with van der Waals surface area (Å²) in [6.45, 7) is 4.17. The van der Waals surface area contributed by atoms with Gasteiger partial charge in [-0.3, -0.25) is 0 Å². The molecule has 0 radical (unpaired) electrons. The van der Waals surface area contributed by atoms with Gasteiger partial charge in [0.1, 0.15) is 5.82 Å². The number of nitrogens with one attached hydrogen (secondary N) is 3. The molecule has 0 amide bonds. The average Bonchev–Trinajstić information content (AvgIpc) is 2.90. The molecule has 0 saturated carbocycles. The van der Waals surface area contributed by atoms with E-state index in [9.17, 15) is 0 Å². The summed E-state index contributed by atoms with van der Waals surface area (Å²) in [5.74, 6) is 1.64. The molecule has 3 aromatic rings. The molecule has 2 aromatic heterocycles. The second-order valence-electron chi connectivity index (χ2n) is 5.21. The van der Waals surface area contributed by atoms with Crippen LogP contribution in [0.2, 0.25) is 0 Å². The van der Waals surface area contributed by atoms with Crippen LogP contribution >= 0.6 is 0 Å². The van der Waals surface area contributed by atoms with Gasteiger partial charge in [0.2, 0.25) is 0 Å². The zero-order valence-electron chi connectivity index (χ0n) is 10.8. The van der Waals surface area contributed by atoms with E-state index >= 15 is 0 Å². The van der Waals surface area contributed by atoms with Gasteiger partial charge in [-0.05, 0) is 13.0 Å². The number of hydrogen-bond donors (Lipinski definition) is 3. The van der Waals surface area contributed by atoms with Crippen molar-refractivity contribution >= 4 is 10.9 Å². The third kappa shape index (κ3) is 1.60. The lowest BCUT2D eigenvalue weighted by molar-refractivity contribution is 0.433. The summed E-state index contributed by atoms with van der Waals surface area (Å²) in [5, 5.41) is 4.53. The van der Waals surface area contributed by atoms with E-state index in [1.54, 1.807) is 0 Å². The normalized spacial score (nSPS) is 15.8. The maximum atomic E-state index is 4.53. The predicted octanol–water partition coefficient (Wildman–Crippen LogP) is 2.55. The molecule has 1 aliphatic heterocycles. The molecule has 4 heteroatoms. The largest absolute Gasteiger partial charge is 0.358 e. The standard InChI is InChI=1S/C15H16N4/c1-9-14(11-4-2-3-5-12(11)18-9)13-8-17-15(19-13)10-6-16-7-10/h2-5,8,10,16,18H,6-7H2,1H3,(H,17,19). The van der Waals surface area contributed by atoms with E-state index in [4.69, 9.17) is 0 Å². The van der Waals surface area contributed by atoms with E-state index in [2.05, 4.69) is 51.5 Å². The molecule has 4 rings (SSSR count). The van der Waals surface area contributed by atoms with E-state index in [1.165, 1.54) is 22.2 Å². The first-order chi connectivity index (χ1) is 9.33. The first-order valence-corrected chi connectivity index (χ1v) is 6.66. The molecule has 96 valence electrons. The van der Waals surface area contributed by atoms with Gasteiger partial charge in [-0.2, -0.15) is 0 Å². The molecular formula is C15H16N4. The summed E-state index contributed by atoms with van der Waals surface area (Å²) in [5.41, 5.74) is 4.71. The molecule has 0 bridgehead atoms. The van der Waals surface area contributed by atoms with Gasteiger partial charge in [-0.25, -0.2) is 4.98 Å². The van der Waals surface area contributed by atoms with Crippen LogP contribution in [0.3, 0.4) is 0 Å². The number of aryl methyl sites for hydroxylation is 1. The van der Waals surface area contributed by atoms with E-state index in [0.29, 0.717) is 5.92 Å². The lowest BCUT2D eigenvalue weighted by Crippen LogP contribution is -2.40. The highest BCUT2D eigenvalue weighted by atomic mass is 15.0. The fourth-order valence-electron chi connectivity index (χ4n) is 2.78. The number of H-pyrrole nitrogens is 2. The fourth-order valence-corrected chi connectivity index (χ4v) is 2.78. The van der Waals surface area contributed by atoms with E-state index in [-0.39, 0.29) is 0 Å². The number of rotatable bonds is 2. The Morgan fingerprint density at radius 2 is 2.00 bits per heavy atom. The van der Waals surface area contributed by atoms with E-state index < -0.39 is 0 Å². The zero-order chi connectivity index (χ0) is 12.8. The molecule has 1 saturated heterocycles. The number of aromatic amines is 2. The number of hydrogen-bond acceptors (Lipinski definition) is 2. The van der Waals surface area contributed by atoms with Crippen molar-refractivity contribution in [2.45, 2.75) is 12.8 Å². The minimum atomic E-state index is 0.541. The third-order valence-corrected chi connectivity index (χ3v) is 3.93. The predicted molar refractivity (Wildman–Crippen MR) is 76.2 cm³/mol. The molecular weight excluding hydrogens is 236 g/mol. The fraction of sp³-hybridized carbons (Fsp3) is 0.267. The lowest BCUT2D eigenvalue weighted by atomic mass is 10.0. The van der Waals surface area contributed by atoms with Crippen molar-refractivity contribution in [3.8, 4) is 11.3 Å². The van der Waals surface area contributed by atoms with Crippen LogP contribution in [0, 0.1) is 6.92 Å². The van der Waals surface area contributed by atoms with Crippen LogP contribution in [0.4, 0.5) is 0 Å². The van der Waals surface area contributed by atoms with Crippen LogP contribution in [-0.4, -0.2) is 28.0 Å². The monoisotopic (exact) mass is 252 g/mol. The van der Waals surface area contributed by atoms with E-state index in [1.807, 2.05) is 6.20 Å². The van der Waals surface area contributed by atoms with Crippen molar-refractivity contribution in [1.29, 1.82) is 0 Å². The SMILES string of the molecule is Cc1[nH]c2ccccc2c1-c1cnc(C2CNC2)[nH]1. The van der Waals surface area contributed by atoms with Crippen molar-refractivity contribution in [3.05, 3.63) is 42.0 Å². The van der Waals surface area contributed by atoms with Crippen LogP contribution in [0.15, 0.2) is 30.5 Å². The maximum absolute atomic E-state index is 4.53. The van der Waals surface area contributed by atoms with Gasteiger partial charge in [0.25, 0.3) is 0 Å². The summed E-state index contributed by atoms with van der Waals surface area (Å²) in [6.07, 6.45) is 1.95. The number of nitrogens with zero attached hydrogens (tertiary/aromatic N) is 1. The van der Waals surface area contributed by atoms with Crippen LogP contribution in [-0.2, 0) is 0 Å². The zero-order valence-corrected chi connectivity index (χ0v) is 10.8. The van der Waals surface area contributed by atoms with Gasteiger partial charge < -0.3 is 15.3 Å². The number of aromatic nitrogens is 3. The van der Waals surface area contributed by atoms with Crippen LogP contribution in [0.1, 0.15) is 17.4 Å². The Balaban J connectivity index is 1.85. The minimum absolute atomic E-state index is 0.541. The second kappa shape index (κ2) is 3.96. The van der Waals surface area contributed by atoms with Crippen LogP contribution in [0.25, 0.3) is 22.2 Å². The highest BCUT2D eigenvalue weighted by Crippen LogP contribution is 2.31. The Bertz CT molecular complexity index is 734. The van der Waals surface area contributed by atoms with Crippen molar-refractivity contribution in [2.75, 3.05) is 13.1 Å². The van der Waals surface area contributed by atoms with Crippen molar-refractivity contribution in [3.63, 3.8) is 0 Å². The lowest BCUT2D eigenvalue weighted by Gasteiger charge is -2.24. The summed E-state index contributed by atoms with van der Waals surface area (Å²) in [6, 6.07) is 8.39. The molecule has 3 N–H and O–H groups in total. The Labute approximate surface area is 111 Å². The van der Waals surface area contributed by atoms with Crippen LogP contribution < -0.4 is 5.32 Å². The molecule has 0 aliphatic carbocycles. The molecule has 0 atom stereocenters. The molecule has 1 aliphatic rings. The van der Waals surface area contributed by atoms with Crippen molar-refractivity contribution in [1.82, 2.24) is 20.3 Å². The van der Waals surface area contributed by atoms with Gasteiger partial charge in [0.15, 0.2) is 0 Å². The topological polar surface area (TPSA) is 56.5 Å². The van der Waals surface area contributed by atoms with Crippen molar-refractivity contribution < 1.29 is 0 Å². The molecule has 1 aromatic carbocycles. The highest BCUT2D eigenvalue weighted by molar-refractivity contribution is 5.96. The minimum Gasteiger partial charge on any atom is -0.358 e. The Morgan fingerprint density at radius 3 is 2.79 bits per heavy atom. The van der Waals surface area contributed by atoms with Gasteiger partial charge in [-0.1, -0.05) is 18.2 Å². The number of benzene rings is 1. The number of imidazole rings is 1. The summed E-state index contributed by atoms with van der Waals surface area (Å²) in [4.78, 5) is 11.4. The van der Waals surface area contributed by atoms with Gasteiger partial charge in [0, 0.05) is 41.2 Å². The van der Waals surface area contributed by atoms with Crippen LogP contribution in [0.5, 0.6) is 0 Å². The third-order valence-electron chi connectivity index (χ3n) is 3.93. The van der Waals surface area contributed by atoms with Gasteiger partial charge in [0.05, 0.1) is 11.9 Å². The van der Waals surface area contributed by atoms with Gasteiger partial charge >= 0.3 is 0 Å². The molecule has 0 spiro atoms. The Kier molecular flexibility index (Phi) is 2.26. The van der Waals surface area contributed by atoms with E-state index in [0.717, 1.165) is 24.6 Å². The number of para-hydroxylation sites is 1. The Morgan fingerprint density at radius 1 is 1.16 bits per heavy atom. The van der Waals surface area contributed by atoms with Gasteiger partial charge in [-0.15, -0.1) is 0 Å². The molecule has 0 unspecified atom stereocenters. The molecule has 4 nitrogen and oxygen atoms in total. The maximum Gasteiger partial charge on any atom is 0.112 e. The first kappa shape index (κ1) is 10.8. The summed E-state index contributed by atoms with van der Waals surface area (Å²) >= 11 is 0. The quantitative estimate of drug-likeness (QED) is 0.656. The molecule has 19 heavy (non-hydrogen) atoms. The first-order valence-electron chi connectivity index (χ1n) is 6.66. The second-order valence-corrected chi connectivity index (χ2v) is 5.21. The van der Waals surface area contributed by atoms with Crippen molar-refractivity contribution in [2.24, 2.45) is 0 Å².